The number of nitrogens with one attached hydrogen (secondary N) is 1. The van der Waals surface area contributed by atoms with Crippen molar-refractivity contribution in [2.45, 2.75) is 69.4 Å². The van der Waals surface area contributed by atoms with Gasteiger partial charge < -0.3 is 11.1 Å². The van der Waals surface area contributed by atoms with Crippen LogP contribution in [0.5, 0.6) is 0 Å². The van der Waals surface area contributed by atoms with E-state index >= 15 is 0 Å². The standard InChI is InChI=1S/C12H24N2/c1-11(5-2-3-6-11)14-10-9-12(13)7-4-8-12/h14H,2-10,13H2,1H3. The minimum absolute atomic E-state index is 0.196. The number of rotatable bonds is 4. The van der Waals surface area contributed by atoms with Gasteiger partial charge in [-0.25, -0.2) is 0 Å². The first-order valence-corrected chi connectivity index (χ1v) is 6.16. The van der Waals surface area contributed by atoms with Crippen molar-refractivity contribution >= 4 is 0 Å². The van der Waals surface area contributed by atoms with Crippen molar-refractivity contribution in [1.29, 1.82) is 0 Å². The zero-order valence-electron chi connectivity index (χ0n) is 9.44. The quantitative estimate of drug-likeness (QED) is 0.723. The highest BCUT2D eigenvalue weighted by molar-refractivity contribution is 4.94. The second-order valence-electron chi connectivity index (χ2n) is 5.66. The predicted molar refractivity (Wildman–Crippen MR) is 60.3 cm³/mol. The summed E-state index contributed by atoms with van der Waals surface area (Å²) in [6.45, 7) is 3.48. The van der Waals surface area contributed by atoms with Crippen LogP contribution >= 0.6 is 0 Å². The summed E-state index contributed by atoms with van der Waals surface area (Å²) < 4.78 is 0. The summed E-state index contributed by atoms with van der Waals surface area (Å²) in [6, 6.07) is 0. The molecule has 0 heterocycles. The van der Waals surface area contributed by atoms with Crippen LogP contribution in [0.3, 0.4) is 0 Å². The molecule has 0 aromatic heterocycles. The molecule has 0 aromatic carbocycles. The van der Waals surface area contributed by atoms with Crippen LogP contribution in [-0.4, -0.2) is 17.6 Å². The van der Waals surface area contributed by atoms with Crippen molar-refractivity contribution in [2.24, 2.45) is 5.73 Å². The molecule has 2 nitrogen and oxygen atoms in total. The molecule has 0 amide bonds. The van der Waals surface area contributed by atoms with Gasteiger partial charge in [0.1, 0.15) is 0 Å². The Morgan fingerprint density at radius 1 is 1.07 bits per heavy atom. The van der Waals surface area contributed by atoms with Crippen molar-refractivity contribution in [3.05, 3.63) is 0 Å². The summed E-state index contributed by atoms with van der Waals surface area (Å²) >= 11 is 0. The Morgan fingerprint density at radius 2 is 1.71 bits per heavy atom. The van der Waals surface area contributed by atoms with Crippen molar-refractivity contribution in [3.63, 3.8) is 0 Å². The second kappa shape index (κ2) is 3.82. The Bertz CT molecular complexity index is 190. The highest BCUT2D eigenvalue weighted by atomic mass is 15.0. The average molecular weight is 196 g/mol. The fourth-order valence-electron chi connectivity index (χ4n) is 2.83. The molecule has 2 aliphatic carbocycles. The maximum Gasteiger partial charge on any atom is 0.0166 e. The van der Waals surface area contributed by atoms with Crippen LogP contribution in [0.2, 0.25) is 0 Å². The molecule has 2 heteroatoms. The van der Waals surface area contributed by atoms with Gasteiger partial charge in [0.2, 0.25) is 0 Å². The molecule has 0 aromatic rings. The summed E-state index contributed by atoms with van der Waals surface area (Å²) in [7, 11) is 0. The number of hydrogen-bond donors (Lipinski definition) is 2. The van der Waals surface area contributed by atoms with E-state index in [1.165, 1.54) is 51.4 Å². The molecule has 3 N–H and O–H groups in total. The monoisotopic (exact) mass is 196 g/mol. The fourth-order valence-corrected chi connectivity index (χ4v) is 2.83. The molecule has 2 aliphatic rings. The lowest BCUT2D eigenvalue weighted by Crippen LogP contribution is -2.50. The highest BCUT2D eigenvalue weighted by Crippen LogP contribution is 2.33. The van der Waals surface area contributed by atoms with Crippen LogP contribution in [0.1, 0.15) is 58.3 Å². The zero-order chi connectivity index (χ0) is 10.1. The maximum atomic E-state index is 6.19. The van der Waals surface area contributed by atoms with E-state index in [9.17, 15) is 0 Å². The molecular weight excluding hydrogens is 172 g/mol. The molecule has 2 fully saturated rings. The van der Waals surface area contributed by atoms with Gasteiger partial charge in [-0.15, -0.1) is 0 Å². The topological polar surface area (TPSA) is 38.0 Å². The van der Waals surface area contributed by atoms with Crippen molar-refractivity contribution < 1.29 is 0 Å². The molecule has 0 unspecified atom stereocenters. The van der Waals surface area contributed by atoms with Gasteiger partial charge in [0.05, 0.1) is 0 Å². The van der Waals surface area contributed by atoms with Crippen molar-refractivity contribution in [1.82, 2.24) is 5.32 Å². The molecule has 82 valence electrons. The smallest absolute Gasteiger partial charge is 0.0166 e. The lowest BCUT2D eigenvalue weighted by Gasteiger charge is -2.39. The van der Waals surface area contributed by atoms with Crippen LogP contribution in [0, 0.1) is 0 Å². The predicted octanol–water partition coefficient (Wildman–Crippen LogP) is 2.18. The maximum absolute atomic E-state index is 6.19. The molecule has 0 atom stereocenters. The molecule has 0 bridgehead atoms. The fraction of sp³-hybridized carbons (Fsp3) is 1.00. The number of hydrogen-bond acceptors (Lipinski definition) is 2. The zero-order valence-corrected chi connectivity index (χ0v) is 9.44. The van der Waals surface area contributed by atoms with E-state index in [1.54, 1.807) is 0 Å². The Morgan fingerprint density at radius 3 is 2.21 bits per heavy atom. The summed E-state index contributed by atoms with van der Waals surface area (Å²) in [5.41, 5.74) is 6.82. The first-order chi connectivity index (χ1) is 6.62. The first kappa shape index (κ1) is 10.4. The van der Waals surface area contributed by atoms with Gasteiger partial charge in [-0.1, -0.05) is 12.8 Å². The third-order valence-electron chi connectivity index (χ3n) is 4.23. The van der Waals surface area contributed by atoms with E-state index in [2.05, 4.69) is 12.2 Å². The molecule has 0 radical (unpaired) electrons. The SMILES string of the molecule is CC1(NCCC2(N)CCC2)CCCC1. The van der Waals surface area contributed by atoms with Gasteiger partial charge in [-0.05, 0) is 52.0 Å². The molecule has 0 spiro atoms. The first-order valence-electron chi connectivity index (χ1n) is 6.16. The minimum Gasteiger partial charge on any atom is -0.325 e. The molecular formula is C12H24N2. The van der Waals surface area contributed by atoms with E-state index in [0.717, 1.165) is 6.54 Å². The molecule has 2 rings (SSSR count). The van der Waals surface area contributed by atoms with Crippen LogP contribution in [0.15, 0.2) is 0 Å². The largest absolute Gasteiger partial charge is 0.325 e. The van der Waals surface area contributed by atoms with Crippen LogP contribution < -0.4 is 11.1 Å². The number of nitrogens with two attached hydrogens (primary N) is 1. The van der Waals surface area contributed by atoms with E-state index in [1.807, 2.05) is 0 Å². The lowest BCUT2D eigenvalue weighted by molar-refractivity contribution is 0.218. The average Bonchev–Trinajstić information content (AvgIpc) is 2.50. The van der Waals surface area contributed by atoms with Gasteiger partial charge in [-0.2, -0.15) is 0 Å². The normalized spacial score (nSPS) is 28.7. The van der Waals surface area contributed by atoms with E-state index < -0.39 is 0 Å². The summed E-state index contributed by atoms with van der Waals surface area (Å²) in [5, 5.41) is 3.70. The Labute approximate surface area is 87.6 Å². The Hall–Kier alpha value is -0.0800. The van der Waals surface area contributed by atoms with Crippen molar-refractivity contribution in [2.75, 3.05) is 6.54 Å². The minimum atomic E-state index is 0.196. The summed E-state index contributed by atoms with van der Waals surface area (Å²) in [5.74, 6) is 0. The van der Waals surface area contributed by atoms with Gasteiger partial charge >= 0.3 is 0 Å². The Kier molecular flexibility index (Phi) is 2.85. The Balaban J connectivity index is 1.67. The summed E-state index contributed by atoms with van der Waals surface area (Å²) in [4.78, 5) is 0. The van der Waals surface area contributed by atoms with Crippen LogP contribution in [0.25, 0.3) is 0 Å². The third kappa shape index (κ3) is 2.29. The van der Waals surface area contributed by atoms with Crippen LogP contribution in [-0.2, 0) is 0 Å². The molecule has 0 saturated heterocycles. The van der Waals surface area contributed by atoms with Gasteiger partial charge in [0, 0.05) is 11.1 Å². The van der Waals surface area contributed by atoms with Crippen LogP contribution in [0.4, 0.5) is 0 Å². The molecule has 0 aliphatic heterocycles. The second-order valence-corrected chi connectivity index (χ2v) is 5.66. The lowest BCUT2D eigenvalue weighted by atomic mass is 9.75. The van der Waals surface area contributed by atoms with E-state index in [4.69, 9.17) is 5.73 Å². The van der Waals surface area contributed by atoms with E-state index in [-0.39, 0.29) is 5.54 Å². The van der Waals surface area contributed by atoms with Gasteiger partial charge in [0.25, 0.3) is 0 Å². The van der Waals surface area contributed by atoms with Gasteiger partial charge in [-0.3, -0.25) is 0 Å². The molecule has 2 saturated carbocycles. The van der Waals surface area contributed by atoms with Crippen molar-refractivity contribution in [3.8, 4) is 0 Å². The van der Waals surface area contributed by atoms with E-state index in [0.29, 0.717) is 5.54 Å². The molecule has 14 heavy (non-hydrogen) atoms. The van der Waals surface area contributed by atoms with Gasteiger partial charge in [0.15, 0.2) is 0 Å². The summed E-state index contributed by atoms with van der Waals surface area (Å²) in [6.07, 6.45) is 10.5. The highest BCUT2D eigenvalue weighted by Gasteiger charge is 2.33. The third-order valence-corrected chi connectivity index (χ3v) is 4.23.